The number of aryl methyl sites for hydroxylation is 2. The summed E-state index contributed by atoms with van der Waals surface area (Å²) in [6.07, 6.45) is -0.173. The average molecular weight is 414 g/mol. The van der Waals surface area contributed by atoms with Crippen molar-refractivity contribution in [3.8, 4) is 0 Å². The first-order valence-corrected chi connectivity index (χ1v) is 10.1. The number of carbonyl (C=O) groups is 1. The Morgan fingerprint density at radius 3 is 2.76 bits per heavy atom. The van der Waals surface area contributed by atoms with Crippen LogP contribution in [0.3, 0.4) is 0 Å². The fourth-order valence-corrected chi connectivity index (χ4v) is 4.23. The SMILES string of the molecule is Cc1cc(C)n(CC(=O)N/N=C2/N=C3NOC(c4ccc(N(C)C)cc4)C3S2)n1. The molecule has 10 heteroatoms. The van der Waals surface area contributed by atoms with Crippen LogP contribution >= 0.6 is 11.8 Å². The molecule has 1 amide bonds. The number of hydroxylamine groups is 1. The number of amidine groups is 2. The van der Waals surface area contributed by atoms with Gasteiger partial charge in [-0.05, 0) is 37.6 Å². The van der Waals surface area contributed by atoms with Gasteiger partial charge in [-0.25, -0.2) is 10.4 Å². The van der Waals surface area contributed by atoms with Crippen molar-refractivity contribution in [1.29, 1.82) is 0 Å². The highest BCUT2D eigenvalue weighted by Crippen LogP contribution is 2.39. The van der Waals surface area contributed by atoms with Crippen LogP contribution in [-0.2, 0) is 16.2 Å². The maximum atomic E-state index is 12.2. The molecule has 0 spiro atoms. The number of anilines is 1. The summed E-state index contributed by atoms with van der Waals surface area (Å²) in [6, 6.07) is 10.1. The lowest BCUT2D eigenvalue weighted by Crippen LogP contribution is -2.25. The standard InChI is InChI=1S/C19H23N7O2S/c1-11-9-12(2)26(23-11)10-15(27)21-22-19-20-18-17(29-19)16(28-24-18)13-5-7-14(8-6-13)25(3)4/h5-9,16-17H,10H2,1-4H3,(H,21,27)(H,20,22,24). The summed E-state index contributed by atoms with van der Waals surface area (Å²) < 4.78 is 1.65. The van der Waals surface area contributed by atoms with E-state index in [1.165, 1.54) is 11.8 Å². The topological polar surface area (TPSA) is 96.1 Å². The Balaban J connectivity index is 1.38. The van der Waals surface area contributed by atoms with Crippen molar-refractivity contribution in [2.75, 3.05) is 19.0 Å². The van der Waals surface area contributed by atoms with E-state index in [0.29, 0.717) is 11.0 Å². The van der Waals surface area contributed by atoms with E-state index >= 15 is 0 Å². The second-order valence-corrected chi connectivity index (χ2v) is 8.28. The number of amides is 1. The molecule has 2 aliphatic heterocycles. The highest BCUT2D eigenvalue weighted by molar-refractivity contribution is 8.15. The lowest BCUT2D eigenvalue weighted by molar-refractivity contribution is -0.121. The van der Waals surface area contributed by atoms with Gasteiger partial charge >= 0.3 is 0 Å². The van der Waals surface area contributed by atoms with Crippen LogP contribution in [0.5, 0.6) is 0 Å². The van der Waals surface area contributed by atoms with E-state index in [0.717, 1.165) is 22.6 Å². The molecule has 2 N–H and O–H groups in total. The Bertz CT molecular complexity index is 981. The largest absolute Gasteiger partial charge is 0.378 e. The van der Waals surface area contributed by atoms with E-state index in [2.05, 4.69) is 50.4 Å². The second-order valence-electron chi connectivity index (χ2n) is 7.18. The summed E-state index contributed by atoms with van der Waals surface area (Å²) in [4.78, 5) is 24.3. The lowest BCUT2D eigenvalue weighted by atomic mass is 10.1. The Morgan fingerprint density at radius 2 is 2.10 bits per heavy atom. The Labute approximate surface area is 173 Å². The molecule has 1 aromatic carbocycles. The van der Waals surface area contributed by atoms with Crippen molar-refractivity contribution in [3.63, 3.8) is 0 Å². The smallest absolute Gasteiger partial charge is 0.261 e. The highest BCUT2D eigenvalue weighted by Gasteiger charge is 2.41. The first-order chi connectivity index (χ1) is 13.9. The van der Waals surface area contributed by atoms with E-state index in [9.17, 15) is 4.79 Å². The molecule has 1 fully saturated rings. The van der Waals surface area contributed by atoms with Crippen molar-refractivity contribution in [2.24, 2.45) is 10.1 Å². The van der Waals surface area contributed by atoms with Gasteiger partial charge in [0.15, 0.2) is 0 Å². The normalized spacial score (nSPS) is 21.7. The van der Waals surface area contributed by atoms with E-state index in [1.807, 2.05) is 38.9 Å². The van der Waals surface area contributed by atoms with Crippen molar-refractivity contribution < 1.29 is 9.63 Å². The third kappa shape index (κ3) is 4.13. The van der Waals surface area contributed by atoms with Crippen LogP contribution < -0.4 is 15.8 Å². The quantitative estimate of drug-likeness (QED) is 0.725. The second kappa shape index (κ2) is 7.88. The summed E-state index contributed by atoms with van der Waals surface area (Å²) >= 11 is 1.46. The molecule has 1 saturated heterocycles. The van der Waals surface area contributed by atoms with Gasteiger partial charge in [0.2, 0.25) is 5.17 Å². The Morgan fingerprint density at radius 1 is 1.34 bits per heavy atom. The van der Waals surface area contributed by atoms with Gasteiger partial charge < -0.3 is 4.90 Å². The molecular weight excluding hydrogens is 390 g/mol. The molecule has 0 saturated carbocycles. The van der Waals surface area contributed by atoms with Gasteiger partial charge in [-0.3, -0.25) is 19.8 Å². The first-order valence-electron chi connectivity index (χ1n) is 9.22. The number of hydrogen-bond donors (Lipinski definition) is 2. The summed E-state index contributed by atoms with van der Waals surface area (Å²) in [5.74, 6) is 0.463. The number of nitrogens with zero attached hydrogens (tertiary/aromatic N) is 5. The van der Waals surface area contributed by atoms with Crippen LogP contribution in [0.4, 0.5) is 5.69 Å². The van der Waals surface area contributed by atoms with Gasteiger partial charge in [-0.1, -0.05) is 23.9 Å². The fourth-order valence-electron chi connectivity index (χ4n) is 3.21. The third-order valence-electron chi connectivity index (χ3n) is 4.69. The molecule has 1 aromatic heterocycles. The predicted octanol–water partition coefficient (Wildman–Crippen LogP) is 1.74. The Hall–Kier alpha value is -2.85. The van der Waals surface area contributed by atoms with Crippen LogP contribution in [0.1, 0.15) is 23.1 Å². The number of aliphatic imine (C=N–C) groups is 1. The van der Waals surface area contributed by atoms with Crippen molar-refractivity contribution >= 4 is 34.4 Å². The molecule has 29 heavy (non-hydrogen) atoms. The number of thioether (sulfide) groups is 1. The van der Waals surface area contributed by atoms with Gasteiger partial charge in [-0.2, -0.15) is 5.10 Å². The number of rotatable bonds is 5. The number of carbonyl (C=O) groups excluding carboxylic acids is 1. The molecular formula is C19H23N7O2S. The zero-order valence-electron chi connectivity index (χ0n) is 16.7. The van der Waals surface area contributed by atoms with Crippen molar-refractivity contribution in [1.82, 2.24) is 20.7 Å². The first kappa shape index (κ1) is 19.5. The van der Waals surface area contributed by atoms with Crippen LogP contribution in [0, 0.1) is 13.8 Å². The van der Waals surface area contributed by atoms with Crippen LogP contribution in [0.25, 0.3) is 0 Å². The summed E-state index contributed by atoms with van der Waals surface area (Å²) in [5, 5.41) is 8.91. The molecule has 2 aromatic rings. The number of fused-ring (bicyclic) bond motifs is 1. The van der Waals surface area contributed by atoms with Crippen molar-refractivity contribution in [2.45, 2.75) is 31.7 Å². The van der Waals surface area contributed by atoms with E-state index < -0.39 is 0 Å². The number of hydrogen-bond acceptors (Lipinski definition) is 7. The van der Waals surface area contributed by atoms with E-state index in [1.54, 1.807) is 4.68 Å². The van der Waals surface area contributed by atoms with Crippen molar-refractivity contribution in [3.05, 3.63) is 47.3 Å². The predicted molar refractivity (Wildman–Crippen MR) is 114 cm³/mol. The van der Waals surface area contributed by atoms with Crippen LogP contribution in [-0.4, -0.2) is 46.0 Å². The zero-order valence-corrected chi connectivity index (χ0v) is 17.5. The fraction of sp³-hybridized carbons (Fsp3) is 0.368. The summed E-state index contributed by atoms with van der Waals surface area (Å²) in [6.45, 7) is 3.92. The lowest BCUT2D eigenvalue weighted by Gasteiger charge is -2.16. The van der Waals surface area contributed by atoms with E-state index in [4.69, 9.17) is 4.84 Å². The molecule has 0 radical (unpaired) electrons. The van der Waals surface area contributed by atoms with Crippen LogP contribution in [0.2, 0.25) is 0 Å². The maximum absolute atomic E-state index is 12.2. The molecule has 4 rings (SSSR count). The molecule has 3 heterocycles. The summed E-state index contributed by atoms with van der Waals surface area (Å²) in [7, 11) is 4.01. The number of nitrogens with one attached hydrogen (secondary N) is 2. The molecule has 0 aliphatic carbocycles. The molecule has 2 aliphatic rings. The Kier molecular flexibility index (Phi) is 5.29. The van der Waals surface area contributed by atoms with E-state index in [-0.39, 0.29) is 23.8 Å². The van der Waals surface area contributed by atoms with Gasteiger partial charge in [0.05, 0.1) is 5.69 Å². The molecule has 9 nitrogen and oxygen atoms in total. The van der Waals surface area contributed by atoms with Gasteiger partial charge in [0.1, 0.15) is 23.7 Å². The molecule has 0 bridgehead atoms. The molecule has 2 atom stereocenters. The van der Waals surface area contributed by atoms with Gasteiger partial charge in [-0.15, -0.1) is 5.10 Å². The van der Waals surface area contributed by atoms with Gasteiger partial charge in [0, 0.05) is 25.5 Å². The number of benzene rings is 1. The minimum atomic E-state index is -0.249. The minimum Gasteiger partial charge on any atom is -0.378 e. The highest BCUT2D eigenvalue weighted by atomic mass is 32.2. The number of hydrazone groups is 1. The van der Waals surface area contributed by atoms with Crippen LogP contribution in [0.15, 0.2) is 40.4 Å². The third-order valence-corrected chi connectivity index (χ3v) is 5.81. The average Bonchev–Trinajstić information content (AvgIpc) is 3.34. The molecule has 152 valence electrons. The monoisotopic (exact) mass is 413 g/mol. The number of aromatic nitrogens is 2. The maximum Gasteiger partial charge on any atom is 0.261 e. The zero-order chi connectivity index (χ0) is 20.5. The summed E-state index contributed by atoms with van der Waals surface area (Å²) in [5.41, 5.74) is 9.43. The van der Waals surface area contributed by atoms with Gasteiger partial charge in [0.25, 0.3) is 5.91 Å². The minimum absolute atomic E-state index is 0.0214. The molecule has 2 unspecified atom stereocenters.